The molecule has 0 fully saturated rings. The van der Waals surface area contributed by atoms with E-state index in [1.807, 2.05) is 0 Å². The lowest BCUT2D eigenvalue weighted by Crippen LogP contribution is -2.25. The van der Waals surface area contributed by atoms with E-state index in [0.717, 1.165) is 18.2 Å². The lowest BCUT2D eigenvalue weighted by atomic mass is 9.99. The average molecular weight is 302 g/mol. The first-order valence-corrected chi connectivity index (χ1v) is 5.27. The molecule has 8 heteroatoms. The van der Waals surface area contributed by atoms with Crippen LogP contribution in [0.15, 0.2) is 18.2 Å². The molecule has 0 saturated carbocycles. The molecule has 0 unspecified atom stereocenters. The molecule has 0 spiro atoms. The number of benzene rings is 1. The number of rotatable bonds is 4. The van der Waals surface area contributed by atoms with Crippen LogP contribution in [0.4, 0.5) is 13.2 Å². The first-order chi connectivity index (χ1) is 8.24. The second-order valence-electron chi connectivity index (χ2n) is 3.77. The normalized spacial score (nSPS) is 14.4. The number of alkyl halides is 3. The van der Waals surface area contributed by atoms with Crippen molar-refractivity contribution in [2.45, 2.75) is 31.9 Å². The first kappa shape index (κ1) is 17.8. The van der Waals surface area contributed by atoms with E-state index in [-0.39, 0.29) is 23.7 Å². The number of halogens is 4. The molecule has 0 aliphatic carbocycles. The van der Waals surface area contributed by atoms with Crippen LogP contribution in [-0.4, -0.2) is 22.7 Å². The fraction of sp³-hybridized carbons (Fsp3) is 0.455. The Balaban J connectivity index is 0.00000324. The SMILES string of the molecule is CC[C@@H](O)[C@@H](N)c1cc(OC(F)(F)F)ccc1O.Cl. The number of aliphatic hydroxyl groups excluding tert-OH is 1. The third-order valence-electron chi connectivity index (χ3n) is 2.42. The fourth-order valence-electron chi connectivity index (χ4n) is 1.46. The molecular weight excluding hydrogens is 287 g/mol. The van der Waals surface area contributed by atoms with Crippen LogP contribution < -0.4 is 10.5 Å². The minimum Gasteiger partial charge on any atom is -0.508 e. The Kier molecular flexibility index (Phi) is 6.41. The number of ether oxygens (including phenoxy) is 1. The van der Waals surface area contributed by atoms with Crippen molar-refractivity contribution >= 4 is 12.4 Å². The van der Waals surface area contributed by atoms with Gasteiger partial charge in [0.2, 0.25) is 0 Å². The van der Waals surface area contributed by atoms with E-state index < -0.39 is 24.3 Å². The van der Waals surface area contributed by atoms with Crippen LogP contribution in [0.5, 0.6) is 11.5 Å². The predicted octanol–water partition coefficient (Wildman–Crippen LogP) is 2.48. The quantitative estimate of drug-likeness (QED) is 0.798. The topological polar surface area (TPSA) is 75.7 Å². The van der Waals surface area contributed by atoms with Gasteiger partial charge in [-0.2, -0.15) is 0 Å². The molecule has 1 aromatic rings. The second-order valence-corrected chi connectivity index (χ2v) is 3.77. The highest BCUT2D eigenvalue weighted by Gasteiger charge is 2.31. The Labute approximate surface area is 114 Å². The molecule has 0 bridgehead atoms. The van der Waals surface area contributed by atoms with Crippen molar-refractivity contribution in [2.75, 3.05) is 0 Å². The maximum Gasteiger partial charge on any atom is 0.573 e. The minimum absolute atomic E-state index is 0. The molecule has 0 amide bonds. The maximum absolute atomic E-state index is 12.0. The molecule has 0 aromatic heterocycles. The molecule has 19 heavy (non-hydrogen) atoms. The molecule has 4 N–H and O–H groups in total. The van der Waals surface area contributed by atoms with E-state index in [9.17, 15) is 23.4 Å². The van der Waals surface area contributed by atoms with Gasteiger partial charge in [-0.3, -0.25) is 0 Å². The van der Waals surface area contributed by atoms with Gasteiger partial charge in [-0.25, -0.2) is 0 Å². The summed E-state index contributed by atoms with van der Waals surface area (Å²) in [5.74, 6) is -0.779. The van der Waals surface area contributed by atoms with Gasteiger partial charge in [-0.05, 0) is 24.6 Å². The van der Waals surface area contributed by atoms with Gasteiger partial charge >= 0.3 is 6.36 Å². The number of hydrogen-bond acceptors (Lipinski definition) is 4. The van der Waals surface area contributed by atoms with E-state index in [2.05, 4.69) is 4.74 Å². The summed E-state index contributed by atoms with van der Waals surface area (Å²) in [6.07, 6.45) is -5.47. The number of aromatic hydroxyl groups is 1. The van der Waals surface area contributed by atoms with Gasteiger partial charge in [0.1, 0.15) is 11.5 Å². The lowest BCUT2D eigenvalue weighted by molar-refractivity contribution is -0.274. The zero-order valence-corrected chi connectivity index (χ0v) is 10.8. The van der Waals surface area contributed by atoms with Crippen LogP contribution >= 0.6 is 12.4 Å². The largest absolute Gasteiger partial charge is 0.573 e. The Morgan fingerprint density at radius 1 is 1.37 bits per heavy atom. The number of aliphatic hydroxyl groups is 1. The molecule has 110 valence electrons. The zero-order chi connectivity index (χ0) is 13.9. The summed E-state index contributed by atoms with van der Waals surface area (Å²) in [4.78, 5) is 0. The summed E-state index contributed by atoms with van der Waals surface area (Å²) in [6.45, 7) is 1.66. The number of phenols is 1. The van der Waals surface area contributed by atoms with Crippen molar-refractivity contribution in [3.63, 3.8) is 0 Å². The predicted molar refractivity (Wildman–Crippen MR) is 65.3 cm³/mol. The Morgan fingerprint density at radius 3 is 2.42 bits per heavy atom. The molecule has 0 heterocycles. The molecular formula is C11H15ClF3NO3. The smallest absolute Gasteiger partial charge is 0.508 e. The van der Waals surface area contributed by atoms with Crippen LogP contribution in [-0.2, 0) is 0 Å². The van der Waals surface area contributed by atoms with Crippen LogP contribution in [0, 0.1) is 0 Å². The minimum atomic E-state index is -4.82. The average Bonchev–Trinajstić information content (AvgIpc) is 2.28. The lowest BCUT2D eigenvalue weighted by Gasteiger charge is -2.19. The highest BCUT2D eigenvalue weighted by atomic mass is 35.5. The number of phenolic OH excluding ortho intramolecular Hbond substituents is 1. The molecule has 0 aliphatic rings. The van der Waals surface area contributed by atoms with Crippen molar-refractivity contribution in [2.24, 2.45) is 5.73 Å². The summed E-state index contributed by atoms with van der Waals surface area (Å²) >= 11 is 0. The van der Waals surface area contributed by atoms with E-state index in [0.29, 0.717) is 6.42 Å². The Morgan fingerprint density at radius 2 is 1.95 bits per heavy atom. The van der Waals surface area contributed by atoms with Gasteiger partial charge < -0.3 is 20.7 Å². The molecule has 2 atom stereocenters. The standard InChI is InChI=1S/C11H14F3NO3.ClH/c1-2-8(16)10(15)7-5-6(3-4-9(7)17)18-11(12,13)14;/h3-5,8,10,16-17H,2,15H2,1H3;1H/t8-,10+;/m1./s1. The van der Waals surface area contributed by atoms with Gasteiger partial charge in [0.25, 0.3) is 0 Å². The van der Waals surface area contributed by atoms with Crippen molar-refractivity contribution in [3.05, 3.63) is 23.8 Å². The van der Waals surface area contributed by atoms with Crippen LogP contribution in [0.3, 0.4) is 0 Å². The first-order valence-electron chi connectivity index (χ1n) is 5.27. The third-order valence-corrected chi connectivity index (χ3v) is 2.42. The summed E-state index contributed by atoms with van der Waals surface area (Å²) < 4.78 is 39.8. The van der Waals surface area contributed by atoms with Crippen LogP contribution in [0.25, 0.3) is 0 Å². The van der Waals surface area contributed by atoms with Gasteiger partial charge in [0, 0.05) is 5.56 Å². The summed E-state index contributed by atoms with van der Waals surface area (Å²) in [5, 5.41) is 19.0. The van der Waals surface area contributed by atoms with Gasteiger partial charge in [0.15, 0.2) is 0 Å². The molecule has 0 saturated heterocycles. The summed E-state index contributed by atoms with van der Waals surface area (Å²) in [5.41, 5.74) is 5.64. The maximum atomic E-state index is 12.0. The molecule has 1 aromatic carbocycles. The molecule has 4 nitrogen and oxygen atoms in total. The Bertz CT molecular complexity index is 415. The van der Waals surface area contributed by atoms with Crippen molar-refractivity contribution < 1.29 is 28.1 Å². The van der Waals surface area contributed by atoms with E-state index in [1.165, 1.54) is 0 Å². The molecule has 0 radical (unpaired) electrons. The second kappa shape index (κ2) is 6.83. The highest BCUT2D eigenvalue weighted by Crippen LogP contribution is 2.32. The zero-order valence-electron chi connectivity index (χ0n) is 10.0. The third kappa shape index (κ3) is 5.14. The van der Waals surface area contributed by atoms with Crippen molar-refractivity contribution in [3.8, 4) is 11.5 Å². The van der Waals surface area contributed by atoms with Crippen LogP contribution in [0.1, 0.15) is 24.9 Å². The van der Waals surface area contributed by atoms with Crippen LogP contribution in [0.2, 0.25) is 0 Å². The van der Waals surface area contributed by atoms with Gasteiger partial charge in [-0.1, -0.05) is 6.92 Å². The van der Waals surface area contributed by atoms with Gasteiger partial charge in [-0.15, -0.1) is 25.6 Å². The highest BCUT2D eigenvalue weighted by molar-refractivity contribution is 5.85. The van der Waals surface area contributed by atoms with Gasteiger partial charge in [0.05, 0.1) is 12.1 Å². The van der Waals surface area contributed by atoms with Crippen molar-refractivity contribution in [1.29, 1.82) is 0 Å². The number of nitrogens with two attached hydrogens (primary N) is 1. The van der Waals surface area contributed by atoms with E-state index in [4.69, 9.17) is 5.73 Å². The van der Waals surface area contributed by atoms with E-state index in [1.54, 1.807) is 6.92 Å². The molecule has 1 rings (SSSR count). The molecule has 0 aliphatic heterocycles. The Hall–Kier alpha value is -1.18. The number of hydrogen-bond donors (Lipinski definition) is 3. The fourth-order valence-corrected chi connectivity index (χ4v) is 1.46. The van der Waals surface area contributed by atoms with Crippen molar-refractivity contribution in [1.82, 2.24) is 0 Å². The van der Waals surface area contributed by atoms with E-state index >= 15 is 0 Å². The summed E-state index contributed by atoms with van der Waals surface area (Å²) in [7, 11) is 0. The summed E-state index contributed by atoms with van der Waals surface area (Å²) in [6, 6.07) is 1.99. The monoisotopic (exact) mass is 301 g/mol.